The SMILES string of the molecule is Cc1ccc(-n2cc(-c3ccccc3)nc2NC(=O)CN(CCN(C)C)C(=O)Cc2ccccc2)cc1C. The van der Waals surface area contributed by atoms with Crippen molar-refractivity contribution < 1.29 is 9.59 Å². The van der Waals surface area contributed by atoms with E-state index in [2.05, 4.69) is 31.3 Å². The number of nitrogens with zero attached hydrogens (tertiary/aromatic N) is 4. The summed E-state index contributed by atoms with van der Waals surface area (Å²) in [4.78, 5) is 34.8. The lowest BCUT2D eigenvalue weighted by Crippen LogP contribution is -2.42. The van der Waals surface area contributed by atoms with E-state index in [0.29, 0.717) is 19.0 Å². The Kier molecular flexibility index (Phi) is 8.71. The second-order valence-electron chi connectivity index (χ2n) is 9.78. The number of anilines is 1. The number of nitrogens with one attached hydrogen (secondary N) is 1. The van der Waals surface area contributed by atoms with Crippen molar-refractivity contribution in [2.45, 2.75) is 20.3 Å². The van der Waals surface area contributed by atoms with E-state index in [1.54, 1.807) is 4.90 Å². The summed E-state index contributed by atoms with van der Waals surface area (Å²) < 4.78 is 1.89. The van der Waals surface area contributed by atoms with Crippen molar-refractivity contribution in [2.75, 3.05) is 39.0 Å². The average Bonchev–Trinajstić information content (AvgIpc) is 3.32. The minimum absolute atomic E-state index is 0.0556. The molecule has 0 spiro atoms. The van der Waals surface area contributed by atoms with Gasteiger partial charge in [0.25, 0.3) is 0 Å². The largest absolute Gasteiger partial charge is 0.332 e. The predicted molar refractivity (Wildman–Crippen MR) is 152 cm³/mol. The lowest BCUT2D eigenvalue weighted by atomic mass is 10.1. The first kappa shape index (κ1) is 26.8. The van der Waals surface area contributed by atoms with Crippen LogP contribution in [0.2, 0.25) is 0 Å². The monoisotopic (exact) mass is 509 g/mol. The highest BCUT2D eigenvalue weighted by molar-refractivity contribution is 5.94. The molecule has 0 aliphatic heterocycles. The molecule has 4 rings (SSSR count). The number of carbonyl (C=O) groups excluding carboxylic acids is 2. The molecular formula is C31H35N5O2. The van der Waals surface area contributed by atoms with Gasteiger partial charge in [0, 0.05) is 30.5 Å². The van der Waals surface area contributed by atoms with Gasteiger partial charge in [-0.1, -0.05) is 66.7 Å². The molecule has 0 atom stereocenters. The molecule has 7 nitrogen and oxygen atoms in total. The molecule has 1 heterocycles. The van der Waals surface area contributed by atoms with Crippen molar-refractivity contribution >= 4 is 17.8 Å². The lowest BCUT2D eigenvalue weighted by Gasteiger charge is -2.24. The molecule has 3 aromatic carbocycles. The highest BCUT2D eigenvalue weighted by atomic mass is 16.2. The van der Waals surface area contributed by atoms with Gasteiger partial charge < -0.3 is 9.80 Å². The summed E-state index contributed by atoms with van der Waals surface area (Å²) >= 11 is 0. The Hall–Kier alpha value is -4.23. The van der Waals surface area contributed by atoms with Gasteiger partial charge >= 0.3 is 0 Å². The van der Waals surface area contributed by atoms with Gasteiger partial charge in [-0.2, -0.15) is 0 Å². The van der Waals surface area contributed by atoms with Crippen LogP contribution >= 0.6 is 0 Å². The van der Waals surface area contributed by atoms with Gasteiger partial charge in [-0.3, -0.25) is 19.5 Å². The fourth-order valence-electron chi connectivity index (χ4n) is 4.12. The minimum Gasteiger partial charge on any atom is -0.332 e. The summed E-state index contributed by atoms with van der Waals surface area (Å²) in [5.41, 5.74) is 5.88. The van der Waals surface area contributed by atoms with Crippen LogP contribution in [0.3, 0.4) is 0 Å². The zero-order valence-electron chi connectivity index (χ0n) is 22.5. The van der Waals surface area contributed by atoms with E-state index in [4.69, 9.17) is 4.98 Å². The maximum Gasteiger partial charge on any atom is 0.246 e. The number of hydrogen-bond donors (Lipinski definition) is 1. The maximum atomic E-state index is 13.3. The lowest BCUT2D eigenvalue weighted by molar-refractivity contribution is -0.134. The minimum atomic E-state index is -0.291. The van der Waals surface area contributed by atoms with Crippen molar-refractivity contribution in [2.24, 2.45) is 0 Å². The fourth-order valence-corrected chi connectivity index (χ4v) is 4.12. The van der Waals surface area contributed by atoms with Crippen molar-refractivity contribution in [3.05, 3.63) is 102 Å². The molecule has 1 N–H and O–H groups in total. The normalized spacial score (nSPS) is 11.0. The standard InChI is InChI=1S/C31H35N5O2/c1-23-15-16-27(19-24(23)2)36-21-28(26-13-9-6-10-14-26)32-31(36)33-29(37)22-35(18-17-34(3)4)30(38)20-25-11-7-5-8-12-25/h5-16,19,21H,17-18,20,22H2,1-4H3,(H,32,33,37). The summed E-state index contributed by atoms with van der Waals surface area (Å²) in [6.07, 6.45) is 2.18. The highest BCUT2D eigenvalue weighted by Gasteiger charge is 2.20. The van der Waals surface area contributed by atoms with Gasteiger partial charge in [0.2, 0.25) is 17.8 Å². The van der Waals surface area contributed by atoms with Crippen LogP contribution in [0.5, 0.6) is 0 Å². The number of hydrogen-bond acceptors (Lipinski definition) is 4. The predicted octanol–water partition coefficient (Wildman–Crippen LogP) is 4.73. The summed E-state index contributed by atoms with van der Waals surface area (Å²) in [6.45, 7) is 5.18. The first-order valence-corrected chi connectivity index (χ1v) is 12.8. The van der Waals surface area contributed by atoms with E-state index in [9.17, 15) is 9.59 Å². The van der Waals surface area contributed by atoms with Crippen molar-refractivity contribution in [3.8, 4) is 16.9 Å². The van der Waals surface area contributed by atoms with Gasteiger partial charge in [0.15, 0.2) is 0 Å². The number of aromatic nitrogens is 2. The number of aryl methyl sites for hydroxylation is 2. The number of rotatable bonds is 10. The van der Waals surface area contributed by atoms with E-state index in [0.717, 1.165) is 28.1 Å². The molecule has 0 aliphatic rings. The second-order valence-corrected chi connectivity index (χ2v) is 9.78. The van der Waals surface area contributed by atoms with Gasteiger partial charge in [-0.15, -0.1) is 0 Å². The molecule has 196 valence electrons. The molecule has 7 heteroatoms. The van der Waals surface area contributed by atoms with Gasteiger partial charge in [0.05, 0.1) is 18.7 Å². The van der Waals surface area contributed by atoms with E-state index in [-0.39, 0.29) is 24.8 Å². The van der Waals surface area contributed by atoms with E-state index in [1.807, 2.05) is 96.5 Å². The van der Waals surface area contributed by atoms with Gasteiger partial charge in [-0.25, -0.2) is 4.98 Å². The van der Waals surface area contributed by atoms with Crippen LogP contribution in [-0.4, -0.2) is 64.9 Å². The summed E-state index contributed by atoms with van der Waals surface area (Å²) in [6, 6.07) is 25.6. The number of benzene rings is 3. The average molecular weight is 510 g/mol. The Labute approximate surface area is 224 Å². The van der Waals surface area contributed by atoms with Crippen LogP contribution in [-0.2, 0) is 16.0 Å². The van der Waals surface area contributed by atoms with Crippen LogP contribution in [0.15, 0.2) is 85.1 Å². The Balaban J connectivity index is 1.58. The molecule has 0 unspecified atom stereocenters. The number of carbonyl (C=O) groups is 2. The van der Waals surface area contributed by atoms with Crippen LogP contribution in [0, 0.1) is 13.8 Å². The Morgan fingerprint density at radius 1 is 0.868 bits per heavy atom. The topological polar surface area (TPSA) is 70.5 Å². The molecule has 0 saturated carbocycles. The van der Waals surface area contributed by atoms with Crippen LogP contribution in [0.25, 0.3) is 16.9 Å². The van der Waals surface area contributed by atoms with Crippen molar-refractivity contribution in [1.29, 1.82) is 0 Å². The smallest absolute Gasteiger partial charge is 0.246 e. The maximum absolute atomic E-state index is 13.3. The highest BCUT2D eigenvalue weighted by Crippen LogP contribution is 2.25. The molecule has 0 saturated heterocycles. The summed E-state index contributed by atoms with van der Waals surface area (Å²) in [5.74, 6) is 0.0383. The first-order chi connectivity index (χ1) is 18.3. The number of imidazole rings is 1. The number of likely N-dealkylation sites (N-methyl/N-ethyl adjacent to an activating group) is 1. The van der Waals surface area contributed by atoms with E-state index >= 15 is 0 Å². The van der Waals surface area contributed by atoms with Crippen LogP contribution in [0.4, 0.5) is 5.95 Å². The third-order valence-electron chi connectivity index (χ3n) is 6.50. The number of amides is 2. The summed E-state index contributed by atoms with van der Waals surface area (Å²) in [7, 11) is 3.90. The molecule has 1 aromatic heterocycles. The zero-order chi connectivity index (χ0) is 27.1. The van der Waals surface area contributed by atoms with Crippen LogP contribution in [0.1, 0.15) is 16.7 Å². The molecular weight excluding hydrogens is 474 g/mol. The fraction of sp³-hybridized carbons (Fsp3) is 0.258. The van der Waals surface area contributed by atoms with Crippen molar-refractivity contribution in [1.82, 2.24) is 19.4 Å². The third-order valence-corrected chi connectivity index (χ3v) is 6.50. The van der Waals surface area contributed by atoms with Crippen LogP contribution < -0.4 is 5.32 Å². The Morgan fingerprint density at radius 3 is 2.21 bits per heavy atom. The molecule has 0 fully saturated rings. The quantitative estimate of drug-likeness (QED) is 0.336. The molecule has 0 aliphatic carbocycles. The summed E-state index contributed by atoms with van der Waals surface area (Å²) in [5, 5.41) is 2.98. The Morgan fingerprint density at radius 2 is 1.55 bits per heavy atom. The Bertz CT molecular complexity index is 1380. The third kappa shape index (κ3) is 6.95. The molecule has 2 amide bonds. The molecule has 0 bridgehead atoms. The van der Waals surface area contributed by atoms with Gasteiger partial charge in [0.1, 0.15) is 0 Å². The van der Waals surface area contributed by atoms with Crippen molar-refractivity contribution in [3.63, 3.8) is 0 Å². The van der Waals surface area contributed by atoms with Gasteiger partial charge in [-0.05, 0) is 56.8 Å². The zero-order valence-corrected chi connectivity index (χ0v) is 22.5. The molecule has 4 aromatic rings. The second kappa shape index (κ2) is 12.3. The first-order valence-electron chi connectivity index (χ1n) is 12.8. The van der Waals surface area contributed by atoms with E-state index < -0.39 is 0 Å². The molecule has 0 radical (unpaired) electrons. The molecule has 38 heavy (non-hydrogen) atoms. The van der Waals surface area contributed by atoms with E-state index in [1.165, 1.54) is 5.56 Å².